The molecule has 0 saturated heterocycles. The molecule has 0 bridgehead atoms. The SMILES string of the molecule is Cc1cc(C(=O)OC2CCC2)nc(Cl)n1. The molecular weight excluding hydrogens is 216 g/mol. The van der Waals surface area contributed by atoms with Crippen LogP contribution in [-0.2, 0) is 4.74 Å². The maximum Gasteiger partial charge on any atom is 0.357 e. The molecule has 0 aliphatic heterocycles. The Morgan fingerprint density at radius 2 is 2.27 bits per heavy atom. The fourth-order valence-corrected chi connectivity index (χ4v) is 1.56. The maximum absolute atomic E-state index is 11.6. The van der Waals surface area contributed by atoms with Crippen LogP contribution in [0.3, 0.4) is 0 Å². The van der Waals surface area contributed by atoms with Gasteiger partial charge in [0.05, 0.1) is 0 Å². The molecule has 0 spiro atoms. The van der Waals surface area contributed by atoms with Crippen molar-refractivity contribution in [1.82, 2.24) is 9.97 Å². The number of ether oxygens (including phenoxy) is 1. The van der Waals surface area contributed by atoms with E-state index in [-0.39, 0.29) is 17.1 Å². The standard InChI is InChI=1S/C10H11ClN2O2/c1-6-5-8(13-10(11)12-6)9(14)15-7-3-2-4-7/h5,7H,2-4H2,1H3. The normalized spacial score (nSPS) is 15.9. The van der Waals surface area contributed by atoms with Crippen LogP contribution in [0.25, 0.3) is 0 Å². The van der Waals surface area contributed by atoms with Crippen molar-refractivity contribution >= 4 is 17.6 Å². The Kier molecular flexibility index (Phi) is 2.86. The number of hydrogen-bond donors (Lipinski definition) is 0. The minimum atomic E-state index is -0.410. The molecule has 0 atom stereocenters. The molecule has 1 saturated carbocycles. The van der Waals surface area contributed by atoms with Gasteiger partial charge in [-0.25, -0.2) is 14.8 Å². The molecule has 2 rings (SSSR count). The van der Waals surface area contributed by atoms with Crippen molar-refractivity contribution in [3.8, 4) is 0 Å². The molecule has 15 heavy (non-hydrogen) atoms. The lowest BCUT2D eigenvalue weighted by Gasteiger charge is -2.24. The van der Waals surface area contributed by atoms with E-state index in [9.17, 15) is 4.79 Å². The average Bonchev–Trinajstić information content (AvgIpc) is 2.09. The van der Waals surface area contributed by atoms with Crippen molar-refractivity contribution in [3.63, 3.8) is 0 Å². The van der Waals surface area contributed by atoms with E-state index in [4.69, 9.17) is 16.3 Å². The van der Waals surface area contributed by atoms with Crippen LogP contribution in [0.2, 0.25) is 5.28 Å². The van der Waals surface area contributed by atoms with E-state index >= 15 is 0 Å². The number of carbonyl (C=O) groups excluding carboxylic acids is 1. The summed E-state index contributed by atoms with van der Waals surface area (Å²) in [6.07, 6.45) is 3.08. The van der Waals surface area contributed by atoms with Crippen molar-refractivity contribution in [2.45, 2.75) is 32.3 Å². The number of halogens is 1. The van der Waals surface area contributed by atoms with Gasteiger partial charge in [0.25, 0.3) is 0 Å². The third kappa shape index (κ3) is 2.45. The molecule has 1 aromatic rings. The van der Waals surface area contributed by atoms with Crippen molar-refractivity contribution in [2.75, 3.05) is 0 Å². The predicted molar refractivity (Wildman–Crippen MR) is 54.8 cm³/mol. The van der Waals surface area contributed by atoms with Gasteiger partial charge in [0.15, 0.2) is 5.69 Å². The smallest absolute Gasteiger partial charge is 0.357 e. The number of esters is 1. The molecule has 1 heterocycles. The van der Waals surface area contributed by atoms with E-state index in [2.05, 4.69) is 9.97 Å². The predicted octanol–water partition coefficient (Wildman–Crippen LogP) is 2.15. The number of aryl methyl sites for hydroxylation is 1. The molecule has 4 nitrogen and oxygen atoms in total. The average molecular weight is 227 g/mol. The van der Waals surface area contributed by atoms with Crippen molar-refractivity contribution < 1.29 is 9.53 Å². The van der Waals surface area contributed by atoms with Gasteiger partial charge in [-0.05, 0) is 43.9 Å². The van der Waals surface area contributed by atoms with E-state index < -0.39 is 5.97 Å². The quantitative estimate of drug-likeness (QED) is 0.573. The number of rotatable bonds is 2. The highest BCUT2D eigenvalue weighted by atomic mass is 35.5. The Morgan fingerprint density at radius 1 is 1.53 bits per heavy atom. The largest absolute Gasteiger partial charge is 0.458 e. The summed E-state index contributed by atoms with van der Waals surface area (Å²) in [5, 5.41) is 0.0792. The van der Waals surface area contributed by atoms with E-state index in [1.54, 1.807) is 13.0 Å². The summed E-state index contributed by atoms with van der Waals surface area (Å²) >= 11 is 5.65. The summed E-state index contributed by atoms with van der Waals surface area (Å²) in [5.41, 5.74) is 0.898. The molecular formula is C10H11ClN2O2. The third-order valence-electron chi connectivity index (χ3n) is 2.36. The van der Waals surface area contributed by atoms with Crippen LogP contribution >= 0.6 is 11.6 Å². The first-order chi connectivity index (χ1) is 7.15. The Hall–Kier alpha value is -1.16. The van der Waals surface area contributed by atoms with Crippen LogP contribution in [-0.4, -0.2) is 22.0 Å². The fraction of sp³-hybridized carbons (Fsp3) is 0.500. The molecule has 1 aliphatic carbocycles. The second-order valence-corrected chi connectivity index (χ2v) is 3.96. The van der Waals surface area contributed by atoms with Gasteiger partial charge >= 0.3 is 5.97 Å². The first-order valence-corrected chi connectivity index (χ1v) is 5.25. The summed E-state index contributed by atoms with van der Waals surface area (Å²) in [7, 11) is 0. The second kappa shape index (κ2) is 4.14. The van der Waals surface area contributed by atoms with Crippen LogP contribution < -0.4 is 0 Å². The maximum atomic E-state index is 11.6. The monoisotopic (exact) mass is 226 g/mol. The molecule has 0 amide bonds. The van der Waals surface area contributed by atoms with Crippen LogP contribution in [0.4, 0.5) is 0 Å². The lowest BCUT2D eigenvalue weighted by molar-refractivity contribution is 0.00833. The minimum Gasteiger partial charge on any atom is -0.458 e. The topological polar surface area (TPSA) is 52.1 Å². The summed E-state index contributed by atoms with van der Waals surface area (Å²) in [5.74, 6) is -0.410. The highest BCUT2D eigenvalue weighted by Gasteiger charge is 2.23. The minimum absolute atomic E-state index is 0.0616. The van der Waals surface area contributed by atoms with E-state index in [0.717, 1.165) is 19.3 Å². The highest BCUT2D eigenvalue weighted by Crippen LogP contribution is 2.23. The molecule has 1 fully saturated rings. The van der Waals surface area contributed by atoms with E-state index in [1.807, 2.05) is 0 Å². The van der Waals surface area contributed by atoms with Crippen LogP contribution in [0.1, 0.15) is 35.4 Å². The van der Waals surface area contributed by atoms with Gasteiger partial charge < -0.3 is 4.74 Å². The first kappa shape index (κ1) is 10.4. The molecule has 0 N–H and O–H groups in total. The van der Waals surface area contributed by atoms with Crippen LogP contribution in [0.15, 0.2) is 6.07 Å². The molecule has 1 aliphatic rings. The Balaban J connectivity index is 2.10. The Bertz CT molecular complexity index is 371. The van der Waals surface area contributed by atoms with Crippen molar-refractivity contribution in [3.05, 3.63) is 22.7 Å². The van der Waals surface area contributed by atoms with E-state index in [0.29, 0.717) is 5.69 Å². The van der Waals surface area contributed by atoms with Gasteiger partial charge in [0.1, 0.15) is 6.10 Å². The van der Waals surface area contributed by atoms with Crippen LogP contribution in [0, 0.1) is 6.92 Å². The Morgan fingerprint density at radius 3 is 2.80 bits per heavy atom. The first-order valence-electron chi connectivity index (χ1n) is 4.87. The lowest BCUT2D eigenvalue weighted by atomic mass is 9.96. The number of hydrogen-bond acceptors (Lipinski definition) is 4. The Labute approximate surface area is 92.6 Å². The lowest BCUT2D eigenvalue weighted by Crippen LogP contribution is -2.25. The van der Waals surface area contributed by atoms with Crippen molar-refractivity contribution in [2.24, 2.45) is 0 Å². The fourth-order valence-electron chi connectivity index (χ4n) is 1.34. The molecule has 0 aromatic carbocycles. The van der Waals surface area contributed by atoms with E-state index in [1.165, 1.54) is 0 Å². The van der Waals surface area contributed by atoms with Gasteiger partial charge in [0, 0.05) is 5.69 Å². The van der Waals surface area contributed by atoms with Crippen molar-refractivity contribution in [1.29, 1.82) is 0 Å². The molecule has 5 heteroatoms. The van der Waals surface area contributed by atoms with Gasteiger partial charge in [0.2, 0.25) is 5.28 Å². The zero-order valence-electron chi connectivity index (χ0n) is 8.36. The highest BCUT2D eigenvalue weighted by molar-refractivity contribution is 6.28. The van der Waals surface area contributed by atoms with Gasteiger partial charge in [-0.15, -0.1) is 0 Å². The van der Waals surface area contributed by atoms with Crippen LogP contribution in [0.5, 0.6) is 0 Å². The summed E-state index contributed by atoms with van der Waals surface area (Å²) < 4.78 is 5.19. The molecule has 0 unspecified atom stereocenters. The summed E-state index contributed by atoms with van der Waals surface area (Å²) in [6.45, 7) is 1.76. The molecule has 80 valence electrons. The third-order valence-corrected chi connectivity index (χ3v) is 2.53. The number of aromatic nitrogens is 2. The second-order valence-electron chi connectivity index (χ2n) is 3.62. The van der Waals surface area contributed by atoms with Gasteiger partial charge in [-0.1, -0.05) is 0 Å². The molecule has 1 aromatic heterocycles. The van der Waals surface area contributed by atoms with Gasteiger partial charge in [-0.2, -0.15) is 0 Å². The molecule has 0 radical (unpaired) electrons. The zero-order valence-corrected chi connectivity index (χ0v) is 9.12. The van der Waals surface area contributed by atoms with Gasteiger partial charge in [-0.3, -0.25) is 0 Å². The number of nitrogens with zero attached hydrogens (tertiary/aromatic N) is 2. The summed E-state index contributed by atoms with van der Waals surface area (Å²) in [4.78, 5) is 19.3. The summed E-state index contributed by atoms with van der Waals surface area (Å²) in [6, 6.07) is 1.58. The zero-order chi connectivity index (χ0) is 10.8. The number of carbonyl (C=O) groups is 1.